The van der Waals surface area contributed by atoms with Crippen molar-refractivity contribution in [2.24, 2.45) is 0 Å². The van der Waals surface area contributed by atoms with E-state index in [4.69, 9.17) is 0 Å². The molecule has 2 aromatic rings. The van der Waals surface area contributed by atoms with Crippen LogP contribution in [0.3, 0.4) is 0 Å². The van der Waals surface area contributed by atoms with Crippen LogP contribution in [0.15, 0.2) is 12.1 Å². The van der Waals surface area contributed by atoms with Crippen LogP contribution < -0.4 is 5.32 Å². The van der Waals surface area contributed by atoms with E-state index in [-0.39, 0.29) is 11.7 Å². The van der Waals surface area contributed by atoms with Crippen LogP contribution in [0.25, 0.3) is 0 Å². The SMILES string of the molecule is CC(=O)c1ccc(C(=O)Nc2nc3c(s2)CN(C)CC3)s1. The summed E-state index contributed by atoms with van der Waals surface area (Å²) in [5.74, 6) is -0.223. The summed E-state index contributed by atoms with van der Waals surface area (Å²) in [5, 5.41) is 3.47. The van der Waals surface area contributed by atoms with Crippen molar-refractivity contribution in [2.45, 2.75) is 19.9 Å². The van der Waals surface area contributed by atoms with Gasteiger partial charge in [0.1, 0.15) is 0 Å². The Balaban J connectivity index is 1.74. The molecule has 1 aliphatic heterocycles. The predicted molar refractivity (Wildman–Crippen MR) is 84.4 cm³/mol. The molecular weight excluding hydrogens is 306 g/mol. The van der Waals surface area contributed by atoms with E-state index in [2.05, 4.69) is 22.2 Å². The Morgan fingerprint density at radius 3 is 2.76 bits per heavy atom. The zero-order valence-electron chi connectivity index (χ0n) is 11.8. The first-order valence-electron chi connectivity index (χ1n) is 6.62. The molecule has 0 aromatic carbocycles. The van der Waals surface area contributed by atoms with Gasteiger partial charge in [0.25, 0.3) is 5.91 Å². The van der Waals surface area contributed by atoms with Crippen molar-refractivity contribution in [2.75, 3.05) is 18.9 Å². The number of nitrogens with one attached hydrogen (secondary N) is 1. The zero-order chi connectivity index (χ0) is 15.0. The van der Waals surface area contributed by atoms with Crippen LogP contribution in [0.1, 0.15) is 36.8 Å². The summed E-state index contributed by atoms with van der Waals surface area (Å²) < 4.78 is 0. The summed E-state index contributed by atoms with van der Waals surface area (Å²) in [6.07, 6.45) is 0.922. The van der Waals surface area contributed by atoms with Crippen LogP contribution >= 0.6 is 22.7 Å². The van der Waals surface area contributed by atoms with Gasteiger partial charge in [-0.3, -0.25) is 14.9 Å². The number of hydrogen-bond donors (Lipinski definition) is 1. The van der Waals surface area contributed by atoms with Crippen LogP contribution in [0.4, 0.5) is 5.13 Å². The Morgan fingerprint density at radius 2 is 2.05 bits per heavy atom. The van der Waals surface area contributed by atoms with Crippen molar-refractivity contribution >= 4 is 39.5 Å². The zero-order valence-corrected chi connectivity index (χ0v) is 13.4. The van der Waals surface area contributed by atoms with E-state index in [0.717, 1.165) is 25.2 Å². The maximum absolute atomic E-state index is 12.2. The molecule has 3 heterocycles. The van der Waals surface area contributed by atoms with Gasteiger partial charge in [0, 0.05) is 24.4 Å². The van der Waals surface area contributed by atoms with Crippen molar-refractivity contribution in [1.29, 1.82) is 0 Å². The number of amides is 1. The second-order valence-corrected chi connectivity index (χ2v) is 7.22. The van der Waals surface area contributed by atoms with E-state index in [9.17, 15) is 9.59 Å². The second kappa shape index (κ2) is 5.67. The Hall–Kier alpha value is -1.57. The maximum atomic E-state index is 12.2. The normalized spacial score (nSPS) is 14.8. The molecule has 3 rings (SSSR count). The molecule has 1 amide bonds. The van der Waals surface area contributed by atoms with Crippen molar-refractivity contribution in [3.05, 3.63) is 32.5 Å². The van der Waals surface area contributed by atoms with Gasteiger partial charge < -0.3 is 4.90 Å². The third-order valence-electron chi connectivity index (χ3n) is 3.32. The van der Waals surface area contributed by atoms with Crippen molar-refractivity contribution in [3.63, 3.8) is 0 Å². The van der Waals surface area contributed by atoms with E-state index in [1.54, 1.807) is 12.1 Å². The Labute approximate surface area is 130 Å². The molecule has 5 nitrogen and oxygen atoms in total. The molecule has 0 saturated carbocycles. The number of carbonyl (C=O) groups is 2. The van der Waals surface area contributed by atoms with Crippen LogP contribution in [0.5, 0.6) is 0 Å². The fraction of sp³-hybridized carbons (Fsp3) is 0.357. The first kappa shape index (κ1) is 14.4. The Kier molecular flexibility index (Phi) is 3.88. The molecule has 0 bridgehead atoms. The monoisotopic (exact) mass is 321 g/mol. The minimum atomic E-state index is -0.202. The highest BCUT2D eigenvalue weighted by molar-refractivity contribution is 7.17. The van der Waals surface area contributed by atoms with Crippen molar-refractivity contribution < 1.29 is 9.59 Å². The molecule has 0 spiro atoms. The highest BCUT2D eigenvalue weighted by Crippen LogP contribution is 2.28. The number of fused-ring (bicyclic) bond motifs is 1. The topological polar surface area (TPSA) is 62.3 Å². The molecular formula is C14H15N3O2S2. The molecule has 7 heteroatoms. The maximum Gasteiger partial charge on any atom is 0.267 e. The third-order valence-corrected chi connectivity index (χ3v) is 5.50. The Bertz CT molecular complexity index is 705. The second-order valence-electron chi connectivity index (χ2n) is 5.05. The summed E-state index contributed by atoms with van der Waals surface area (Å²) >= 11 is 2.74. The number of rotatable bonds is 3. The summed E-state index contributed by atoms with van der Waals surface area (Å²) in [7, 11) is 2.08. The first-order chi connectivity index (χ1) is 10.0. The smallest absolute Gasteiger partial charge is 0.267 e. The van der Waals surface area contributed by atoms with E-state index < -0.39 is 0 Å². The van der Waals surface area contributed by atoms with Gasteiger partial charge in [-0.05, 0) is 26.1 Å². The van der Waals surface area contributed by atoms with Crippen LogP contribution in [-0.2, 0) is 13.0 Å². The van der Waals surface area contributed by atoms with Crippen molar-refractivity contribution in [3.8, 4) is 0 Å². The van der Waals surface area contributed by atoms with Gasteiger partial charge in [-0.2, -0.15) is 0 Å². The molecule has 1 N–H and O–H groups in total. The summed E-state index contributed by atoms with van der Waals surface area (Å²) in [4.78, 5) is 32.5. The molecule has 21 heavy (non-hydrogen) atoms. The first-order valence-corrected chi connectivity index (χ1v) is 8.25. The number of Topliss-reactive ketones (excluding diaryl/α,β-unsaturated/α-hetero) is 1. The number of anilines is 1. The summed E-state index contributed by atoms with van der Waals surface area (Å²) in [6.45, 7) is 3.38. The van der Waals surface area contributed by atoms with Gasteiger partial charge in [0.2, 0.25) is 0 Å². The molecule has 1 aliphatic rings. The fourth-order valence-electron chi connectivity index (χ4n) is 2.18. The molecule has 110 valence electrons. The van der Waals surface area contributed by atoms with E-state index >= 15 is 0 Å². The average Bonchev–Trinajstić information content (AvgIpc) is 3.03. The highest BCUT2D eigenvalue weighted by atomic mass is 32.1. The number of likely N-dealkylation sites (N-methyl/N-ethyl adjacent to an activating group) is 1. The number of nitrogens with zero attached hydrogens (tertiary/aromatic N) is 2. The molecule has 0 saturated heterocycles. The van der Waals surface area contributed by atoms with Gasteiger partial charge in [0.15, 0.2) is 10.9 Å². The molecule has 0 unspecified atom stereocenters. The molecule has 0 fully saturated rings. The predicted octanol–water partition coefficient (Wildman–Crippen LogP) is 2.65. The quantitative estimate of drug-likeness (QED) is 0.883. The fourth-order valence-corrected chi connectivity index (χ4v) is 4.06. The third kappa shape index (κ3) is 3.04. The van der Waals surface area contributed by atoms with Crippen LogP contribution in [-0.4, -0.2) is 35.2 Å². The molecule has 0 radical (unpaired) electrons. The molecule has 2 aromatic heterocycles. The lowest BCUT2D eigenvalue weighted by Crippen LogP contribution is -2.25. The summed E-state index contributed by atoms with van der Waals surface area (Å²) in [6, 6.07) is 3.36. The lowest BCUT2D eigenvalue weighted by Gasteiger charge is -2.20. The number of thiophene rings is 1. The van der Waals surface area contributed by atoms with Crippen molar-refractivity contribution in [1.82, 2.24) is 9.88 Å². The number of thiazole rings is 1. The van der Waals surface area contributed by atoms with Gasteiger partial charge in [-0.1, -0.05) is 0 Å². The number of hydrogen-bond acceptors (Lipinski definition) is 6. The standard InChI is InChI=1S/C14H15N3O2S2/c1-8(18)10-3-4-11(20-10)13(19)16-14-15-9-5-6-17(2)7-12(9)21-14/h3-4H,5-7H2,1-2H3,(H,15,16,19). The lowest BCUT2D eigenvalue weighted by molar-refractivity contribution is 0.101. The van der Waals surface area contributed by atoms with Gasteiger partial charge in [-0.25, -0.2) is 4.98 Å². The average molecular weight is 321 g/mol. The summed E-state index contributed by atoms with van der Waals surface area (Å²) in [5.41, 5.74) is 1.09. The number of ketones is 1. The van der Waals surface area contributed by atoms with Gasteiger partial charge >= 0.3 is 0 Å². The van der Waals surface area contributed by atoms with E-state index in [0.29, 0.717) is 14.9 Å². The number of carbonyl (C=O) groups excluding carboxylic acids is 2. The minimum Gasteiger partial charge on any atom is -0.301 e. The van der Waals surface area contributed by atoms with E-state index in [1.807, 2.05) is 0 Å². The van der Waals surface area contributed by atoms with Gasteiger partial charge in [0.05, 0.1) is 15.4 Å². The highest BCUT2D eigenvalue weighted by Gasteiger charge is 2.20. The lowest BCUT2D eigenvalue weighted by atomic mass is 10.2. The largest absolute Gasteiger partial charge is 0.301 e. The van der Waals surface area contributed by atoms with E-state index in [1.165, 1.54) is 34.5 Å². The van der Waals surface area contributed by atoms with Crippen LogP contribution in [0.2, 0.25) is 0 Å². The Morgan fingerprint density at radius 1 is 1.29 bits per heavy atom. The number of aromatic nitrogens is 1. The van der Waals surface area contributed by atoms with Gasteiger partial charge in [-0.15, -0.1) is 22.7 Å². The minimum absolute atomic E-state index is 0.0215. The van der Waals surface area contributed by atoms with Crippen LogP contribution in [0, 0.1) is 0 Å². The molecule has 0 atom stereocenters. The molecule has 0 aliphatic carbocycles.